The van der Waals surface area contributed by atoms with Crippen LogP contribution in [0.2, 0.25) is 4.34 Å². The van der Waals surface area contributed by atoms with Crippen LogP contribution in [0.15, 0.2) is 12.1 Å². The SMILES string of the molecule is CCC(Br)C(=O)N(CC)Cc1ccc(Cl)s1. The quantitative estimate of drug-likeness (QED) is 0.752. The Morgan fingerprint density at radius 3 is 2.69 bits per heavy atom. The van der Waals surface area contributed by atoms with Gasteiger partial charge in [0.05, 0.1) is 15.7 Å². The normalized spacial score (nSPS) is 12.5. The first-order chi connectivity index (χ1) is 7.58. The summed E-state index contributed by atoms with van der Waals surface area (Å²) in [7, 11) is 0. The molecule has 0 saturated carbocycles. The van der Waals surface area contributed by atoms with E-state index in [-0.39, 0.29) is 10.7 Å². The Hall–Kier alpha value is -0.0600. The Morgan fingerprint density at radius 2 is 2.25 bits per heavy atom. The van der Waals surface area contributed by atoms with Gasteiger partial charge in [-0.1, -0.05) is 34.5 Å². The highest BCUT2D eigenvalue weighted by Crippen LogP contribution is 2.23. The van der Waals surface area contributed by atoms with Gasteiger partial charge in [0, 0.05) is 11.4 Å². The zero-order valence-electron chi connectivity index (χ0n) is 9.37. The number of hydrogen-bond donors (Lipinski definition) is 0. The van der Waals surface area contributed by atoms with Crippen LogP contribution in [0.25, 0.3) is 0 Å². The van der Waals surface area contributed by atoms with Gasteiger partial charge in [0.1, 0.15) is 0 Å². The summed E-state index contributed by atoms with van der Waals surface area (Å²) in [5.74, 6) is 0.148. The van der Waals surface area contributed by atoms with E-state index in [0.29, 0.717) is 6.54 Å². The summed E-state index contributed by atoms with van der Waals surface area (Å²) in [6, 6.07) is 3.84. The van der Waals surface area contributed by atoms with Crippen LogP contribution in [-0.4, -0.2) is 22.2 Å². The smallest absolute Gasteiger partial charge is 0.236 e. The van der Waals surface area contributed by atoms with Crippen LogP contribution in [0.5, 0.6) is 0 Å². The van der Waals surface area contributed by atoms with E-state index in [2.05, 4.69) is 15.9 Å². The fraction of sp³-hybridized carbons (Fsp3) is 0.545. The molecule has 0 aliphatic heterocycles. The summed E-state index contributed by atoms with van der Waals surface area (Å²) >= 11 is 10.8. The zero-order chi connectivity index (χ0) is 12.1. The third kappa shape index (κ3) is 3.75. The van der Waals surface area contributed by atoms with E-state index in [1.807, 2.05) is 30.9 Å². The average molecular weight is 325 g/mol. The molecule has 2 nitrogen and oxygen atoms in total. The van der Waals surface area contributed by atoms with Crippen LogP contribution < -0.4 is 0 Å². The van der Waals surface area contributed by atoms with Gasteiger partial charge in [-0.3, -0.25) is 4.79 Å². The number of alkyl halides is 1. The zero-order valence-corrected chi connectivity index (χ0v) is 12.5. The van der Waals surface area contributed by atoms with Crippen LogP contribution in [0, 0.1) is 0 Å². The number of carbonyl (C=O) groups excluding carboxylic acids is 1. The second-order valence-corrected chi connectivity index (χ2v) is 6.34. The lowest BCUT2D eigenvalue weighted by Crippen LogP contribution is -2.35. The lowest BCUT2D eigenvalue weighted by Gasteiger charge is -2.22. The Balaban J connectivity index is 2.65. The summed E-state index contributed by atoms with van der Waals surface area (Å²) in [5.41, 5.74) is 0. The van der Waals surface area contributed by atoms with Gasteiger partial charge in [-0.25, -0.2) is 0 Å². The summed E-state index contributed by atoms with van der Waals surface area (Å²) in [6.45, 7) is 5.35. The van der Waals surface area contributed by atoms with Gasteiger partial charge in [0.2, 0.25) is 5.91 Å². The minimum Gasteiger partial charge on any atom is -0.337 e. The third-order valence-electron chi connectivity index (χ3n) is 2.30. The van der Waals surface area contributed by atoms with Crippen molar-refractivity contribution in [1.82, 2.24) is 4.90 Å². The number of hydrogen-bond acceptors (Lipinski definition) is 2. The minimum absolute atomic E-state index is 0.0807. The molecule has 1 atom stereocenters. The molecule has 1 amide bonds. The maximum Gasteiger partial charge on any atom is 0.236 e. The van der Waals surface area contributed by atoms with E-state index in [4.69, 9.17) is 11.6 Å². The highest BCUT2D eigenvalue weighted by molar-refractivity contribution is 9.10. The highest BCUT2D eigenvalue weighted by atomic mass is 79.9. The van der Waals surface area contributed by atoms with Crippen LogP contribution in [0.4, 0.5) is 0 Å². The number of amides is 1. The van der Waals surface area contributed by atoms with E-state index in [9.17, 15) is 4.79 Å². The Morgan fingerprint density at radius 1 is 1.56 bits per heavy atom. The molecule has 0 aliphatic rings. The lowest BCUT2D eigenvalue weighted by molar-refractivity contribution is -0.130. The van der Waals surface area contributed by atoms with Crippen LogP contribution in [-0.2, 0) is 11.3 Å². The first-order valence-corrected chi connectivity index (χ1v) is 7.36. The van der Waals surface area contributed by atoms with Crippen molar-refractivity contribution >= 4 is 44.8 Å². The monoisotopic (exact) mass is 323 g/mol. The molecule has 5 heteroatoms. The average Bonchev–Trinajstić information content (AvgIpc) is 2.69. The van der Waals surface area contributed by atoms with Gasteiger partial charge in [0.15, 0.2) is 0 Å². The molecule has 1 aromatic rings. The van der Waals surface area contributed by atoms with Crippen molar-refractivity contribution in [2.75, 3.05) is 6.54 Å². The molecular weight excluding hydrogens is 310 g/mol. The van der Waals surface area contributed by atoms with E-state index in [0.717, 1.165) is 22.2 Å². The maximum atomic E-state index is 12.0. The van der Waals surface area contributed by atoms with Crippen molar-refractivity contribution in [3.05, 3.63) is 21.3 Å². The topological polar surface area (TPSA) is 20.3 Å². The largest absolute Gasteiger partial charge is 0.337 e. The van der Waals surface area contributed by atoms with E-state index in [1.165, 1.54) is 11.3 Å². The van der Waals surface area contributed by atoms with E-state index in [1.54, 1.807) is 0 Å². The lowest BCUT2D eigenvalue weighted by atomic mass is 10.3. The van der Waals surface area contributed by atoms with E-state index >= 15 is 0 Å². The van der Waals surface area contributed by atoms with Gasteiger partial charge in [0.25, 0.3) is 0 Å². The maximum absolute atomic E-state index is 12.0. The molecule has 0 aromatic carbocycles. The third-order valence-corrected chi connectivity index (χ3v) is 4.55. The van der Waals surface area contributed by atoms with Crippen LogP contribution in [0.1, 0.15) is 25.1 Å². The van der Waals surface area contributed by atoms with Crippen molar-refractivity contribution in [3.63, 3.8) is 0 Å². The summed E-state index contributed by atoms with van der Waals surface area (Å²) in [6.07, 6.45) is 0.806. The molecule has 1 unspecified atom stereocenters. The Labute approximate surface area is 114 Å². The van der Waals surface area contributed by atoms with Gasteiger partial charge in [-0.15, -0.1) is 11.3 Å². The molecular formula is C11H15BrClNOS. The molecule has 0 N–H and O–H groups in total. The van der Waals surface area contributed by atoms with Gasteiger partial charge in [-0.2, -0.15) is 0 Å². The summed E-state index contributed by atoms with van der Waals surface area (Å²) in [4.78, 5) is 14.8. The number of halogens is 2. The second kappa shape index (κ2) is 6.62. The molecule has 0 saturated heterocycles. The second-order valence-electron chi connectivity index (χ2n) is 3.43. The van der Waals surface area contributed by atoms with Crippen LogP contribution in [0.3, 0.4) is 0 Å². The molecule has 0 radical (unpaired) electrons. The predicted molar refractivity (Wildman–Crippen MR) is 73.4 cm³/mol. The standard InChI is InChI=1S/C11H15BrClNOS/c1-3-9(12)11(15)14(4-2)7-8-5-6-10(13)16-8/h5-6,9H,3-4,7H2,1-2H3. The molecule has 1 rings (SSSR count). The molecule has 1 aromatic heterocycles. The Bertz CT molecular complexity index is 356. The summed E-state index contributed by atoms with van der Waals surface area (Å²) in [5, 5.41) is 0. The minimum atomic E-state index is -0.0807. The number of carbonyl (C=O) groups is 1. The van der Waals surface area contributed by atoms with Crippen molar-refractivity contribution in [1.29, 1.82) is 0 Å². The number of nitrogens with zero attached hydrogens (tertiary/aromatic N) is 1. The first-order valence-electron chi connectivity index (χ1n) is 5.25. The molecule has 0 spiro atoms. The van der Waals surface area contributed by atoms with Crippen molar-refractivity contribution in [2.45, 2.75) is 31.6 Å². The van der Waals surface area contributed by atoms with Crippen molar-refractivity contribution in [2.24, 2.45) is 0 Å². The van der Waals surface area contributed by atoms with Gasteiger partial charge < -0.3 is 4.90 Å². The molecule has 16 heavy (non-hydrogen) atoms. The van der Waals surface area contributed by atoms with Crippen LogP contribution >= 0.6 is 38.9 Å². The van der Waals surface area contributed by atoms with E-state index < -0.39 is 0 Å². The number of thiophene rings is 1. The van der Waals surface area contributed by atoms with Gasteiger partial charge >= 0.3 is 0 Å². The van der Waals surface area contributed by atoms with Crippen molar-refractivity contribution in [3.8, 4) is 0 Å². The molecule has 1 heterocycles. The van der Waals surface area contributed by atoms with Gasteiger partial charge in [-0.05, 0) is 25.5 Å². The Kier molecular flexibility index (Phi) is 5.79. The molecule has 90 valence electrons. The summed E-state index contributed by atoms with van der Waals surface area (Å²) < 4.78 is 0.768. The predicted octanol–water partition coefficient (Wildman–Crippen LogP) is 3.92. The first kappa shape index (κ1) is 14.0. The fourth-order valence-electron chi connectivity index (χ4n) is 1.34. The fourth-order valence-corrected chi connectivity index (χ4v) is 2.74. The number of rotatable bonds is 5. The highest BCUT2D eigenvalue weighted by Gasteiger charge is 2.19. The molecule has 0 fully saturated rings. The molecule has 0 aliphatic carbocycles. The van der Waals surface area contributed by atoms with Crippen molar-refractivity contribution < 1.29 is 4.79 Å². The molecule has 0 bridgehead atoms.